The van der Waals surface area contributed by atoms with Gasteiger partial charge in [-0.25, -0.2) is 4.79 Å². The smallest absolute Gasteiger partial charge is 0.351 e. The highest BCUT2D eigenvalue weighted by molar-refractivity contribution is 6.08. The van der Waals surface area contributed by atoms with Crippen molar-refractivity contribution in [2.24, 2.45) is 0 Å². The van der Waals surface area contributed by atoms with E-state index >= 15 is 0 Å². The van der Waals surface area contributed by atoms with Crippen LogP contribution in [-0.4, -0.2) is 15.8 Å². The molecule has 7 nitrogen and oxygen atoms in total. The maximum Gasteiger partial charge on any atom is 0.351 e. The fourth-order valence-electron chi connectivity index (χ4n) is 1.82. The molecule has 0 aliphatic carbocycles. The summed E-state index contributed by atoms with van der Waals surface area (Å²) in [4.78, 5) is 33.6. The molecule has 0 aliphatic heterocycles. The Labute approximate surface area is 124 Å². The Morgan fingerprint density at radius 1 is 1.36 bits per heavy atom. The quantitative estimate of drug-likeness (QED) is 0.402. The fraction of sp³-hybridized carbons (Fsp3) is 0.0667. The van der Waals surface area contributed by atoms with Crippen LogP contribution in [0.15, 0.2) is 45.6 Å². The van der Waals surface area contributed by atoms with Gasteiger partial charge in [-0.15, -0.1) is 0 Å². The topological polar surface area (TPSA) is 111 Å². The zero-order valence-electron chi connectivity index (χ0n) is 11.5. The number of allylic oxidation sites excluding steroid dienone is 1. The van der Waals surface area contributed by atoms with Gasteiger partial charge in [-0.1, -0.05) is 18.2 Å². The monoisotopic (exact) mass is 301 g/mol. The second-order valence-corrected chi connectivity index (χ2v) is 4.45. The number of benzene rings is 1. The summed E-state index contributed by atoms with van der Waals surface area (Å²) in [7, 11) is 0. The molecule has 0 radical (unpaired) electrons. The van der Waals surface area contributed by atoms with Crippen molar-refractivity contribution in [2.45, 2.75) is 6.92 Å². The zero-order chi connectivity index (χ0) is 16.3. The molecule has 0 fully saturated rings. The number of hydrogen-bond donors (Lipinski definition) is 1. The van der Waals surface area contributed by atoms with Gasteiger partial charge in [0.1, 0.15) is 17.1 Å². The molecule has 1 heterocycles. The van der Waals surface area contributed by atoms with E-state index in [0.29, 0.717) is 5.56 Å². The number of rotatable bonds is 4. The molecule has 0 unspecified atom stereocenters. The first-order chi connectivity index (χ1) is 10.4. The summed E-state index contributed by atoms with van der Waals surface area (Å²) in [5.74, 6) is -1.04. The summed E-state index contributed by atoms with van der Waals surface area (Å²) in [5, 5.41) is 20.3. The Morgan fingerprint density at radius 3 is 2.73 bits per heavy atom. The number of nitrogens with zero attached hydrogens (tertiary/aromatic N) is 1. The summed E-state index contributed by atoms with van der Waals surface area (Å²) < 4.78 is 4.75. The molecule has 0 saturated carbocycles. The third-order valence-corrected chi connectivity index (χ3v) is 2.81. The molecule has 0 atom stereocenters. The van der Waals surface area contributed by atoms with Gasteiger partial charge in [-0.2, -0.15) is 0 Å². The molecule has 1 aromatic carbocycles. The van der Waals surface area contributed by atoms with Crippen molar-refractivity contribution in [1.82, 2.24) is 0 Å². The minimum Gasteiger partial charge on any atom is -0.507 e. The molecular weight excluding hydrogens is 290 g/mol. The number of nitro groups is 1. The van der Waals surface area contributed by atoms with Gasteiger partial charge in [0.05, 0.1) is 4.92 Å². The average molecular weight is 301 g/mol. The Bertz CT molecular complexity index is 834. The van der Waals surface area contributed by atoms with Crippen molar-refractivity contribution < 1.29 is 19.2 Å². The lowest BCUT2D eigenvalue weighted by Gasteiger charge is -2.00. The molecule has 22 heavy (non-hydrogen) atoms. The Kier molecular flexibility index (Phi) is 4.17. The van der Waals surface area contributed by atoms with Crippen LogP contribution in [0.25, 0.3) is 6.08 Å². The van der Waals surface area contributed by atoms with E-state index in [4.69, 9.17) is 4.42 Å². The first-order valence-corrected chi connectivity index (χ1v) is 6.19. The molecule has 112 valence electrons. The third kappa shape index (κ3) is 3.26. The molecular formula is C15H11NO6. The van der Waals surface area contributed by atoms with E-state index in [0.717, 1.165) is 12.1 Å². The lowest BCUT2D eigenvalue weighted by molar-refractivity contribution is -0.384. The Balaban J connectivity index is 2.31. The number of aryl methyl sites for hydroxylation is 1. The Hall–Kier alpha value is -3.22. The zero-order valence-corrected chi connectivity index (χ0v) is 11.5. The van der Waals surface area contributed by atoms with Gasteiger partial charge in [0.2, 0.25) is 0 Å². The van der Waals surface area contributed by atoms with Crippen LogP contribution in [0.1, 0.15) is 21.7 Å². The molecule has 1 aromatic heterocycles. The van der Waals surface area contributed by atoms with Gasteiger partial charge >= 0.3 is 5.63 Å². The fourth-order valence-corrected chi connectivity index (χ4v) is 1.82. The second-order valence-electron chi connectivity index (χ2n) is 4.45. The summed E-state index contributed by atoms with van der Waals surface area (Å²) in [6.45, 7) is 1.47. The lowest BCUT2D eigenvalue weighted by Crippen LogP contribution is -2.12. The standard InChI is InChI=1S/C15H11NO6/c1-9-7-13(18)14(15(19)22-9)12(17)6-5-10-3-2-4-11(8-10)16(20)21/h2-8,18H,1H3/b6-5+. The van der Waals surface area contributed by atoms with Crippen molar-refractivity contribution in [2.75, 3.05) is 0 Å². The number of ketones is 1. The molecule has 2 aromatic rings. The predicted octanol–water partition coefficient (Wildman–Crippen LogP) is 2.46. The highest BCUT2D eigenvalue weighted by Gasteiger charge is 2.16. The van der Waals surface area contributed by atoms with Crippen molar-refractivity contribution in [1.29, 1.82) is 0 Å². The number of hydrogen-bond acceptors (Lipinski definition) is 6. The number of carbonyl (C=O) groups excluding carboxylic acids is 1. The number of aromatic hydroxyl groups is 1. The van der Waals surface area contributed by atoms with Crippen molar-refractivity contribution >= 4 is 17.5 Å². The maximum atomic E-state index is 11.9. The normalized spacial score (nSPS) is 10.8. The lowest BCUT2D eigenvalue weighted by atomic mass is 10.1. The Morgan fingerprint density at radius 2 is 2.09 bits per heavy atom. The first-order valence-electron chi connectivity index (χ1n) is 6.19. The van der Waals surface area contributed by atoms with Crippen LogP contribution in [0.3, 0.4) is 0 Å². The van der Waals surface area contributed by atoms with Crippen LogP contribution in [0.4, 0.5) is 5.69 Å². The molecule has 7 heteroatoms. The van der Waals surface area contributed by atoms with Gasteiger partial charge in [-0.3, -0.25) is 14.9 Å². The van der Waals surface area contributed by atoms with Gasteiger partial charge in [0.15, 0.2) is 5.78 Å². The van der Waals surface area contributed by atoms with E-state index < -0.39 is 27.6 Å². The minimum atomic E-state index is -0.939. The van der Waals surface area contributed by atoms with E-state index in [2.05, 4.69) is 0 Å². The molecule has 0 saturated heterocycles. The average Bonchev–Trinajstić information content (AvgIpc) is 2.44. The van der Waals surface area contributed by atoms with Crippen LogP contribution in [0.5, 0.6) is 5.75 Å². The van der Waals surface area contributed by atoms with Crippen LogP contribution in [0.2, 0.25) is 0 Å². The van der Waals surface area contributed by atoms with Crippen LogP contribution in [-0.2, 0) is 0 Å². The molecule has 1 N–H and O–H groups in total. The number of non-ortho nitro benzene ring substituents is 1. The predicted molar refractivity (Wildman–Crippen MR) is 77.8 cm³/mol. The first kappa shape index (κ1) is 15.2. The molecule has 2 rings (SSSR count). The van der Waals surface area contributed by atoms with E-state index in [1.54, 1.807) is 6.07 Å². The maximum absolute atomic E-state index is 11.9. The van der Waals surface area contributed by atoms with E-state index in [1.807, 2.05) is 0 Å². The van der Waals surface area contributed by atoms with E-state index in [9.17, 15) is 24.8 Å². The van der Waals surface area contributed by atoms with Gasteiger partial charge in [0, 0.05) is 18.2 Å². The summed E-state index contributed by atoms with van der Waals surface area (Å²) in [6.07, 6.45) is 2.36. The molecule has 0 spiro atoms. The van der Waals surface area contributed by atoms with Crippen molar-refractivity contribution in [3.63, 3.8) is 0 Å². The van der Waals surface area contributed by atoms with E-state index in [-0.39, 0.29) is 11.4 Å². The second kappa shape index (κ2) is 6.04. The minimum absolute atomic E-state index is 0.118. The van der Waals surface area contributed by atoms with Crippen molar-refractivity contribution in [3.8, 4) is 5.75 Å². The van der Waals surface area contributed by atoms with Crippen LogP contribution < -0.4 is 5.63 Å². The summed E-state index contributed by atoms with van der Waals surface area (Å²) in [6, 6.07) is 6.80. The molecule has 0 amide bonds. The number of carbonyl (C=O) groups is 1. The molecule has 0 aliphatic rings. The van der Waals surface area contributed by atoms with Crippen molar-refractivity contribution in [3.05, 3.63) is 73.8 Å². The third-order valence-electron chi connectivity index (χ3n) is 2.81. The van der Waals surface area contributed by atoms with Gasteiger partial charge in [0.25, 0.3) is 5.69 Å². The van der Waals surface area contributed by atoms with Crippen LogP contribution >= 0.6 is 0 Å². The highest BCUT2D eigenvalue weighted by atomic mass is 16.6. The van der Waals surface area contributed by atoms with Gasteiger partial charge < -0.3 is 9.52 Å². The SMILES string of the molecule is Cc1cc(O)c(C(=O)/C=C/c2cccc([N+](=O)[O-])c2)c(=O)o1. The number of nitro benzene ring substituents is 1. The van der Waals surface area contributed by atoms with Gasteiger partial charge in [-0.05, 0) is 18.6 Å². The summed E-state index contributed by atoms with van der Waals surface area (Å²) in [5.41, 5.74) is -1.12. The largest absolute Gasteiger partial charge is 0.507 e. The molecule has 0 bridgehead atoms. The highest BCUT2D eigenvalue weighted by Crippen LogP contribution is 2.17. The van der Waals surface area contributed by atoms with Crippen LogP contribution in [0, 0.1) is 17.0 Å². The summed E-state index contributed by atoms with van der Waals surface area (Å²) >= 11 is 0. The van der Waals surface area contributed by atoms with E-state index in [1.165, 1.54) is 31.2 Å².